The predicted octanol–water partition coefficient (Wildman–Crippen LogP) is 4.33. The zero-order valence-corrected chi connectivity index (χ0v) is 26.7. The second-order valence-electron chi connectivity index (χ2n) is 12.8. The second-order valence-corrected chi connectivity index (χ2v) is 12.8. The number of nitrogens with zero attached hydrogens (tertiary/aromatic N) is 3. The Labute approximate surface area is 260 Å². The summed E-state index contributed by atoms with van der Waals surface area (Å²) < 4.78 is 26.1. The Morgan fingerprint density at radius 3 is 2.48 bits per heavy atom. The van der Waals surface area contributed by atoms with Crippen molar-refractivity contribution in [2.75, 3.05) is 57.9 Å². The summed E-state index contributed by atoms with van der Waals surface area (Å²) in [5.41, 5.74) is 1.94. The lowest BCUT2D eigenvalue weighted by Crippen LogP contribution is -2.52. The molecule has 10 heteroatoms. The third-order valence-corrected chi connectivity index (χ3v) is 9.25. The first-order chi connectivity index (χ1) is 20.9. The lowest BCUT2D eigenvalue weighted by molar-refractivity contribution is -0.140. The zero-order valence-electron chi connectivity index (χ0n) is 26.7. The molecule has 2 heterocycles. The number of allylic oxidation sites excluding steroid dienone is 2. The number of piperazine rings is 1. The third-order valence-electron chi connectivity index (χ3n) is 9.25. The average molecular weight is 614 g/mol. The van der Waals surface area contributed by atoms with Gasteiger partial charge in [0.1, 0.15) is 11.9 Å². The molecular formula is C34H48FN3O6. The summed E-state index contributed by atoms with van der Waals surface area (Å²) >= 11 is 0. The molecule has 1 aliphatic carbocycles. The van der Waals surface area contributed by atoms with Gasteiger partial charge in [0.15, 0.2) is 0 Å². The van der Waals surface area contributed by atoms with Gasteiger partial charge in [-0.05, 0) is 75.4 Å². The first-order valence-electron chi connectivity index (χ1n) is 15.8. The first kappa shape index (κ1) is 33.8. The van der Waals surface area contributed by atoms with Crippen LogP contribution < -0.4 is 4.90 Å². The van der Waals surface area contributed by atoms with Gasteiger partial charge in [-0.3, -0.25) is 9.59 Å². The quantitative estimate of drug-likeness (QED) is 0.396. The summed E-state index contributed by atoms with van der Waals surface area (Å²) in [6.45, 7) is 12.0. The predicted molar refractivity (Wildman–Crippen MR) is 168 cm³/mol. The molecule has 1 amide bonds. The van der Waals surface area contributed by atoms with E-state index in [0.717, 1.165) is 12.2 Å². The van der Waals surface area contributed by atoms with Crippen molar-refractivity contribution >= 4 is 29.4 Å². The number of ketones is 2. The van der Waals surface area contributed by atoms with E-state index in [4.69, 9.17) is 9.47 Å². The Kier molecular flexibility index (Phi) is 11.7. The molecule has 0 spiro atoms. The minimum absolute atomic E-state index is 0.117. The molecule has 0 aromatic heterocycles. The number of morpholine rings is 1. The van der Waals surface area contributed by atoms with Crippen molar-refractivity contribution < 1.29 is 33.4 Å². The molecule has 242 valence electrons. The molecule has 0 bridgehead atoms. The monoisotopic (exact) mass is 613 g/mol. The molecule has 3 aliphatic rings. The zero-order chi connectivity index (χ0) is 32.0. The third kappa shape index (κ3) is 8.76. The average Bonchev–Trinajstić information content (AvgIpc) is 2.98. The highest BCUT2D eigenvalue weighted by molar-refractivity contribution is 6.38. The maximum Gasteiger partial charge on any atom is 0.410 e. The molecule has 9 nitrogen and oxygen atoms in total. The highest BCUT2D eigenvalue weighted by Gasteiger charge is 2.34. The Balaban J connectivity index is 1.60. The highest BCUT2D eigenvalue weighted by Crippen LogP contribution is 2.30. The summed E-state index contributed by atoms with van der Waals surface area (Å²) in [6.07, 6.45) is 4.04. The van der Waals surface area contributed by atoms with Gasteiger partial charge in [-0.25, -0.2) is 9.18 Å². The number of Topliss-reactive ketones (excluding diaryl/α,β-unsaturated/α-hetero) is 2. The molecule has 6 atom stereocenters. The van der Waals surface area contributed by atoms with Crippen LogP contribution in [0.3, 0.4) is 0 Å². The number of amides is 1. The number of hydrogen-bond donors (Lipinski definition) is 1. The van der Waals surface area contributed by atoms with E-state index in [0.29, 0.717) is 63.4 Å². The molecule has 4 rings (SSSR count). The van der Waals surface area contributed by atoms with Crippen LogP contribution in [0.15, 0.2) is 35.9 Å². The number of carbonyl (C=O) groups excluding carboxylic acids is 3. The smallest absolute Gasteiger partial charge is 0.410 e. The van der Waals surface area contributed by atoms with Crippen LogP contribution in [0.5, 0.6) is 0 Å². The Morgan fingerprint density at radius 2 is 1.77 bits per heavy atom. The molecule has 0 saturated carbocycles. The number of carbonyl (C=O) groups is 3. The Morgan fingerprint density at radius 1 is 1.05 bits per heavy atom. The Hall–Kier alpha value is -3.08. The number of rotatable bonds is 4. The lowest BCUT2D eigenvalue weighted by Gasteiger charge is -2.37. The SMILES string of the molecule is C/C(=C\c1cc(F)cc(N2CCOCC2)c1)[C@@H]1C(=O)C(=O)C[C@@H](O)CC[C@H](C)[C@@H](OC(=O)N2CCN(C)[C@@H](C)C2)/C=C/[C@H]1C. The Bertz CT molecular complexity index is 1250. The lowest BCUT2D eigenvalue weighted by atomic mass is 9.80. The molecule has 44 heavy (non-hydrogen) atoms. The molecule has 1 N–H and O–H groups in total. The fourth-order valence-electron chi connectivity index (χ4n) is 6.25. The van der Waals surface area contributed by atoms with Gasteiger partial charge in [0, 0.05) is 50.9 Å². The van der Waals surface area contributed by atoms with Gasteiger partial charge in [-0.2, -0.15) is 0 Å². The van der Waals surface area contributed by atoms with Gasteiger partial charge in [-0.15, -0.1) is 0 Å². The number of benzene rings is 1. The highest BCUT2D eigenvalue weighted by atomic mass is 19.1. The van der Waals surface area contributed by atoms with Crippen LogP contribution in [-0.4, -0.2) is 104 Å². The molecule has 1 aromatic rings. The van der Waals surface area contributed by atoms with E-state index >= 15 is 0 Å². The van der Waals surface area contributed by atoms with Crippen LogP contribution >= 0.6 is 0 Å². The molecule has 0 radical (unpaired) electrons. The summed E-state index contributed by atoms with van der Waals surface area (Å²) in [6, 6.07) is 4.99. The van der Waals surface area contributed by atoms with Crippen LogP contribution in [0.1, 0.15) is 52.5 Å². The number of aliphatic hydroxyl groups excluding tert-OH is 1. The van der Waals surface area contributed by atoms with Gasteiger partial charge >= 0.3 is 6.09 Å². The molecule has 2 aliphatic heterocycles. The van der Waals surface area contributed by atoms with Crippen molar-refractivity contribution in [2.45, 2.75) is 65.2 Å². The fraction of sp³-hybridized carbons (Fsp3) is 0.618. The van der Waals surface area contributed by atoms with Crippen LogP contribution in [-0.2, 0) is 19.1 Å². The summed E-state index contributed by atoms with van der Waals surface area (Å²) in [5.74, 6) is -2.97. The number of halogens is 1. The van der Waals surface area contributed by atoms with Crippen LogP contribution in [0.25, 0.3) is 6.08 Å². The van der Waals surface area contributed by atoms with E-state index in [1.165, 1.54) is 12.1 Å². The van der Waals surface area contributed by atoms with Crippen LogP contribution in [0.4, 0.5) is 14.9 Å². The van der Waals surface area contributed by atoms with E-state index in [2.05, 4.69) is 16.7 Å². The number of aliphatic hydroxyl groups is 1. The fourth-order valence-corrected chi connectivity index (χ4v) is 6.25. The minimum atomic E-state index is -0.980. The van der Waals surface area contributed by atoms with Crippen LogP contribution in [0.2, 0.25) is 0 Å². The number of anilines is 1. The number of ether oxygens (including phenoxy) is 2. The van der Waals surface area contributed by atoms with Crippen molar-refractivity contribution in [1.82, 2.24) is 9.80 Å². The molecular weight excluding hydrogens is 565 g/mol. The van der Waals surface area contributed by atoms with E-state index in [1.807, 2.05) is 39.1 Å². The van der Waals surface area contributed by atoms with E-state index in [9.17, 15) is 23.9 Å². The molecule has 0 unspecified atom stereocenters. The van der Waals surface area contributed by atoms with Crippen molar-refractivity contribution in [3.05, 3.63) is 47.3 Å². The van der Waals surface area contributed by atoms with Crippen molar-refractivity contribution in [2.24, 2.45) is 17.8 Å². The largest absolute Gasteiger partial charge is 0.442 e. The maximum absolute atomic E-state index is 14.7. The minimum Gasteiger partial charge on any atom is -0.442 e. The van der Waals surface area contributed by atoms with Gasteiger partial charge in [0.2, 0.25) is 11.6 Å². The summed E-state index contributed by atoms with van der Waals surface area (Å²) in [4.78, 5) is 45.8. The summed E-state index contributed by atoms with van der Waals surface area (Å²) in [5, 5.41) is 10.7. The molecule has 2 saturated heterocycles. The van der Waals surface area contributed by atoms with Crippen molar-refractivity contribution in [1.29, 1.82) is 0 Å². The first-order valence-corrected chi connectivity index (χ1v) is 15.8. The maximum atomic E-state index is 14.7. The number of hydrogen-bond acceptors (Lipinski definition) is 8. The number of likely N-dealkylation sites (N-methyl/N-ethyl adjacent to an activating group) is 1. The normalized spacial score (nSPS) is 30.8. The van der Waals surface area contributed by atoms with E-state index < -0.39 is 41.4 Å². The van der Waals surface area contributed by atoms with E-state index in [1.54, 1.807) is 17.9 Å². The molecule has 2 fully saturated rings. The van der Waals surface area contributed by atoms with Crippen LogP contribution in [0, 0.1) is 23.6 Å². The van der Waals surface area contributed by atoms with Gasteiger partial charge in [0.25, 0.3) is 0 Å². The van der Waals surface area contributed by atoms with Gasteiger partial charge < -0.3 is 29.3 Å². The summed E-state index contributed by atoms with van der Waals surface area (Å²) in [7, 11) is 2.04. The van der Waals surface area contributed by atoms with E-state index in [-0.39, 0.29) is 24.5 Å². The van der Waals surface area contributed by atoms with Crippen molar-refractivity contribution in [3.8, 4) is 0 Å². The van der Waals surface area contributed by atoms with Crippen molar-refractivity contribution in [3.63, 3.8) is 0 Å². The van der Waals surface area contributed by atoms with Gasteiger partial charge in [-0.1, -0.05) is 31.6 Å². The van der Waals surface area contributed by atoms with Gasteiger partial charge in [0.05, 0.1) is 25.2 Å². The second kappa shape index (κ2) is 15.3. The topological polar surface area (TPSA) is 99.6 Å². The standard InChI is InChI=1S/C34H48FN3O6/c1-22-6-8-29(39)20-30(40)33(41)32(23(2)7-9-31(22)44-34(42)38-11-10-36(5)25(4)21-38)24(3)16-26-17-27(35)19-28(18-26)37-12-14-43-15-13-37/h7,9,16-19,22-23,25,29,31-32,39H,6,8,10-15,20-21H2,1-5H3/b9-7+,24-16+/t22-,23+,25-,29-,31-,32+/m0/s1. The molecule has 1 aromatic carbocycles.